The first-order valence-electron chi connectivity index (χ1n) is 10.2. The molecule has 2 amide bonds. The molecular weight excluding hydrogens is 479 g/mol. The Hall–Kier alpha value is -3.48. The summed E-state index contributed by atoms with van der Waals surface area (Å²) in [6.45, 7) is 1.90. The summed E-state index contributed by atoms with van der Waals surface area (Å²) in [6, 6.07) is 7.14. The Bertz CT molecular complexity index is 1190. The number of rotatable bonds is 7. The number of halogens is 3. The highest BCUT2D eigenvalue weighted by atomic mass is 32.2. The van der Waals surface area contributed by atoms with Crippen LogP contribution in [0, 0.1) is 0 Å². The fraction of sp³-hybridized carbons (Fsp3) is 0.333. The number of alkyl halides is 3. The summed E-state index contributed by atoms with van der Waals surface area (Å²) in [5.41, 5.74) is -1.19. The van der Waals surface area contributed by atoms with Gasteiger partial charge >= 0.3 is 12.3 Å². The summed E-state index contributed by atoms with van der Waals surface area (Å²) in [5, 5.41) is 13.7. The van der Waals surface area contributed by atoms with Crippen molar-refractivity contribution in [3.63, 3.8) is 0 Å². The van der Waals surface area contributed by atoms with E-state index < -0.39 is 38.9 Å². The largest absolute Gasteiger partial charge is 0.486 e. The van der Waals surface area contributed by atoms with Crippen LogP contribution in [-0.4, -0.2) is 44.7 Å². The molecule has 34 heavy (non-hydrogen) atoms. The van der Waals surface area contributed by atoms with Crippen molar-refractivity contribution in [3.8, 4) is 5.75 Å². The maximum absolute atomic E-state index is 13.4. The number of ether oxygens (including phenoxy) is 1. The number of hydrogen-bond donors (Lipinski definition) is 3. The first-order valence-corrected chi connectivity index (χ1v) is 11.6. The molecule has 1 aliphatic rings. The van der Waals surface area contributed by atoms with Crippen LogP contribution in [0.15, 0.2) is 47.4 Å². The van der Waals surface area contributed by atoms with Crippen LogP contribution in [0.3, 0.4) is 0 Å². The average molecular weight is 501 g/mol. The molecule has 13 heteroatoms. The van der Waals surface area contributed by atoms with Gasteiger partial charge in [0.1, 0.15) is 11.9 Å². The Labute approximate surface area is 193 Å². The maximum atomic E-state index is 13.4. The first-order chi connectivity index (χ1) is 15.9. The second kappa shape index (κ2) is 9.79. The zero-order valence-electron chi connectivity index (χ0n) is 17.9. The van der Waals surface area contributed by atoms with Crippen molar-refractivity contribution < 1.29 is 41.0 Å². The number of benzene rings is 2. The number of fused-ring (bicyclic) bond motifs is 1. The highest BCUT2D eigenvalue weighted by molar-refractivity contribution is 7.92. The van der Waals surface area contributed by atoms with Crippen LogP contribution in [0.25, 0.3) is 0 Å². The Morgan fingerprint density at radius 3 is 2.59 bits per heavy atom. The van der Waals surface area contributed by atoms with Gasteiger partial charge in [-0.2, -0.15) is 13.2 Å². The van der Waals surface area contributed by atoms with Crippen LogP contribution in [0.1, 0.15) is 25.3 Å². The molecule has 0 saturated carbocycles. The van der Waals surface area contributed by atoms with Gasteiger partial charge in [-0.3, -0.25) is 14.4 Å². The number of sulfonamides is 1. The molecular formula is C21H22F3N3O6S. The molecule has 9 nitrogen and oxygen atoms in total. The number of nitrogens with one attached hydrogen (secondary N) is 2. The minimum Gasteiger partial charge on any atom is -0.486 e. The lowest BCUT2D eigenvalue weighted by atomic mass is 10.1. The summed E-state index contributed by atoms with van der Waals surface area (Å²) < 4.78 is 73.0. The van der Waals surface area contributed by atoms with Gasteiger partial charge in [0, 0.05) is 12.2 Å². The lowest BCUT2D eigenvalue weighted by Crippen LogP contribution is -2.45. The minimum absolute atomic E-state index is 0.0261. The fourth-order valence-electron chi connectivity index (χ4n) is 3.35. The summed E-state index contributed by atoms with van der Waals surface area (Å²) in [7, 11) is -4.54. The van der Waals surface area contributed by atoms with Crippen LogP contribution in [0.2, 0.25) is 0 Å². The monoisotopic (exact) mass is 501 g/mol. The summed E-state index contributed by atoms with van der Waals surface area (Å²) in [6.07, 6.45) is -6.58. The smallest absolute Gasteiger partial charge is 0.416 e. The van der Waals surface area contributed by atoms with E-state index in [1.165, 1.54) is 18.2 Å². The molecule has 0 radical (unpaired) electrons. The molecule has 3 N–H and O–H groups in total. The van der Waals surface area contributed by atoms with E-state index in [0.717, 1.165) is 22.5 Å². The van der Waals surface area contributed by atoms with Crippen molar-refractivity contribution in [3.05, 3.63) is 48.0 Å². The summed E-state index contributed by atoms with van der Waals surface area (Å²) in [5.74, 6) is -0.345. The molecule has 1 heterocycles. The van der Waals surface area contributed by atoms with Crippen LogP contribution in [0.5, 0.6) is 5.75 Å². The van der Waals surface area contributed by atoms with Gasteiger partial charge in [0.25, 0.3) is 10.0 Å². The van der Waals surface area contributed by atoms with Gasteiger partial charge in [0.2, 0.25) is 5.91 Å². The maximum Gasteiger partial charge on any atom is 0.416 e. The summed E-state index contributed by atoms with van der Waals surface area (Å²) >= 11 is 0. The van der Waals surface area contributed by atoms with Crippen LogP contribution in [0.4, 0.5) is 29.3 Å². The number of carbonyl (C=O) groups is 2. The number of carbonyl (C=O) groups excluding carboxylic acids is 1. The number of anilines is 2. The quantitative estimate of drug-likeness (QED) is 0.532. The average Bonchev–Trinajstić information content (AvgIpc) is 2.76. The lowest BCUT2D eigenvalue weighted by molar-refractivity contribution is -0.137. The normalized spacial score (nSPS) is 15.8. The van der Waals surface area contributed by atoms with Gasteiger partial charge in [-0.05, 0) is 42.8 Å². The van der Waals surface area contributed by atoms with Gasteiger partial charge < -0.3 is 15.2 Å². The number of carboxylic acid groups (broad SMARTS) is 1. The van der Waals surface area contributed by atoms with Crippen molar-refractivity contribution in [2.75, 3.05) is 22.7 Å². The van der Waals surface area contributed by atoms with E-state index in [1.807, 2.05) is 6.92 Å². The van der Waals surface area contributed by atoms with E-state index in [-0.39, 0.29) is 36.0 Å². The summed E-state index contributed by atoms with van der Waals surface area (Å²) in [4.78, 5) is 22.6. The molecule has 0 aromatic heterocycles. The molecule has 184 valence electrons. The number of amides is 2. The second-order valence-corrected chi connectivity index (χ2v) is 9.33. The van der Waals surface area contributed by atoms with Crippen molar-refractivity contribution in [2.45, 2.75) is 36.9 Å². The topological polar surface area (TPSA) is 125 Å². The molecule has 1 atom stereocenters. The van der Waals surface area contributed by atoms with Gasteiger partial charge in [-0.15, -0.1) is 0 Å². The lowest BCUT2D eigenvalue weighted by Gasteiger charge is -2.35. The van der Waals surface area contributed by atoms with Crippen molar-refractivity contribution in [1.29, 1.82) is 0 Å². The standard InChI is InChI=1S/C21H22F3N3O6S/c1-2-8-25-19(28)11-15-12-27(17-10-14(26-20(29)30)6-7-18(17)33-15)34(31,32)16-5-3-4-13(9-16)21(22,23)24/h3-7,9-10,15,26H,2,8,11-12H2,1H3,(H,25,28)(H,29,30). The predicted molar refractivity (Wildman–Crippen MR) is 116 cm³/mol. The molecule has 0 bridgehead atoms. The molecule has 0 aliphatic carbocycles. The van der Waals surface area contributed by atoms with Crippen LogP contribution < -0.4 is 19.7 Å². The Kier molecular flexibility index (Phi) is 7.24. The molecule has 1 aliphatic heterocycles. The zero-order valence-corrected chi connectivity index (χ0v) is 18.7. The van der Waals surface area contributed by atoms with Crippen molar-refractivity contribution in [2.24, 2.45) is 0 Å². The molecule has 0 fully saturated rings. The molecule has 1 unspecified atom stereocenters. The van der Waals surface area contributed by atoms with E-state index in [0.29, 0.717) is 19.0 Å². The van der Waals surface area contributed by atoms with Gasteiger partial charge in [-0.25, -0.2) is 13.2 Å². The Balaban J connectivity index is 2.04. The zero-order chi connectivity index (χ0) is 25.1. The third kappa shape index (κ3) is 5.71. The molecule has 0 saturated heterocycles. The molecule has 2 aromatic rings. The number of hydrogen-bond acceptors (Lipinski definition) is 5. The highest BCUT2D eigenvalue weighted by Gasteiger charge is 2.37. The van der Waals surface area contributed by atoms with E-state index in [9.17, 15) is 31.2 Å². The predicted octanol–water partition coefficient (Wildman–Crippen LogP) is 3.67. The van der Waals surface area contributed by atoms with Crippen molar-refractivity contribution >= 4 is 33.4 Å². The fourth-order valence-corrected chi connectivity index (χ4v) is 4.90. The SMILES string of the molecule is CCCNC(=O)CC1CN(S(=O)(=O)c2cccc(C(F)(F)F)c2)c2cc(NC(=O)O)ccc2O1. The highest BCUT2D eigenvalue weighted by Crippen LogP contribution is 2.40. The van der Waals surface area contributed by atoms with Crippen LogP contribution >= 0.6 is 0 Å². The van der Waals surface area contributed by atoms with E-state index >= 15 is 0 Å². The van der Waals surface area contributed by atoms with Gasteiger partial charge in [-0.1, -0.05) is 13.0 Å². The minimum atomic E-state index is -4.76. The third-order valence-corrected chi connectivity index (χ3v) is 6.65. The Morgan fingerprint density at radius 2 is 1.94 bits per heavy atom. The second-order valence-electron chi connectivity index (χ2n) is 7.47. The van der Waals surface area contributed by atoms with Gasteiger partial charge in [0.05, 0.1) is 29.1 Å². The van der Waals surface area contributed by atoms with Crippen LogP contribution in [-0.2, 0) is 21.0 Å². The van der Waals surface area contributed by atoms with Gasteiger partial charge in [0.15, 0.2) is 0 Å². The molecule has 0 spiro atoms. The Morgan fingerprint density at radius 1 is 1.21 bits per heavy atom. The van der Waals surface area contributed by atoms with E-state index in [2.05, 4.69) is 10.6 Å². The first kappa shape index (κ1) is 25.1. The molecule has 3 rings (SSSR count). The van der Waals surface area contributed by atoms with E-state index in [1.54, 1.807) is 0 Å². The molecule has 2 aromatic carbocycles. The third-order valence-electron chi connectivity index (χ3n) is 4.88. The van der Waals surface area contributed by atoms with E-state index in [4.69, 9.17) is 9.84 Å². The number of nitrogens with zero attached hydrogens (tertiary/aromatic N) is 1. The van der Waals surface area contributed by atoms with Crippen molar-refractivity contribution in [1.82, 2.24) is 5.32 Å².